The van der Waals surface area contributed by atoms with Crippen molar-refractivity contribution in [3.05, 3.63) is 11.8 Å². The predicted molar refractivity (Wildman–Crippen MR) is 75.2 cm³/mol. The minimum Gasteiger partial charge on any atom is -0.469 e. The Hall–Kier alpha value is -0.540. The number of hydrogen-bond donors (Lipinski definition) is 0. The molecule has 106 valence electrons. The molecular formula is C15H30NO2+. The minimum absolute atomic E-state index is 0.192. The molecule has 0 spiro atoms. The Morgan fingerprint density at radius 3 is 2.56 bits per heavy atom. The van der Waals surface area contributed by atoms with Crippen molar-refractivity contribution >= 4 is 0 Å². The second kappa shape index (κ2) is 6.58. The summed E-state index contributed by atoms with van der Waals surface area (Å²) in [5, 5.41) is 0. The van der Waals surface area contributed by atoms with Gasteiger partial charge in [-0.25, -0.2) is 0 Å². The molecule has 0 aromatic heterocycles. The number of hydrogen-bond acceptors (Lipinski definition) is 2. The number of rotatable bonds is 7. The Morgan fingerprint density at radius 1 is 1.22 bits per heavy atom. The van der Waals surface area contributed by atoms with Crippen LogP contribution in [0.1, 0.15) is 46.0 Å². The monoisotopic (exact) mass is 256 g/mol. The van der Waals surface area contributed by atoms with Crippen LogP contribution in [0.2, 0.25) is 0 Å². The lowest BCUT2D eigenvalue weighted by Crippen LogP contribution is -2.35. The van der Waals surface area contributed by atoms with Crippen molar-refractivity contribution in [1.29, 1.82) is 0 Å². The van der Waals surface area contributed by atoms with Crippen molar-refractivity contribution in [2.24, 2.45) is 0 Å². The van der Waals surface area contributed by atoms with E-state index in [0.29, 0.717) is 6.79 Å². The first-order valence-electron chi connectivity index (χ1n) is 7.15. The van der Waals surface area contributed by atoms with Gasteiger partial charge in [0.1, 0.15) is 17.9 Å². The van der Waals surface area contributed by atoms with Crippen LogP contribution in [0.3, 0.4) is 0 Å². The van der Waals surface area contributed by atoms with Gasteiger partial charge in [-0.05, 0) is 13.3 Å². The molecule has 1 saturated heterocycles. The molecule has 0 aromatic rings. The lowest BCUT2D eigenvalue weighted by Gasteiger charge is -2.25. The van der Waals surface area contributed by atoms with E-state index in [1.54, 1.807) is 0 Å². The van der Waals surface area contributed by atoms with E-state index < -0.39 is 0 Å². The van der Waals surface area contributed by atoms with Crippen LogP contribution < -0.4 is 0 Å². The van der Waals surface area contributed by atoms with Gasteiger partial charge < -0.3 is 14.0 Å². The first kappa shape index (κ1) is 15.5. The second-order valence-corrected chi connectivity index (χ2v) is 6.49. The van der Waals surface area contributed by atoms with Crippen LogP contribution in [0.15, 0.2) is 11.8 Å². The van der Waals surface area contributed by atoms with Crippen LogP contribution in [0.5, 0.6) is 0 Å². The Bertz CT molecular complexity index is 281. The summed E-state index contributed by atoms with van der Waals surface area (Å²) in [5.74, 6) is 1.03. The van der Waals surface area contributed by atoms with Crippen LogP contribution in [-0.2, 0) is 9.47 Å². The topological polar surface area (TPSA) is 18.5 Å². The molecule has 0 aromatic carbocycles. The highest BCUT2D eigenvalue weighted by Crippen LogP contribution is 2.34. The van der Waals surface area contributed by atoms with Crippen molar-refractivity contribution in [3.63, 3.8) is 0 Å². The Labute approximate surface area is 112 Å². The summed E-state index contributed by atoms with van der Waals surface area (Å²) in [6, 6.07) is 0. The Kier molecular flexibility index (Phi) is 5.67. The zero-order valence-electron chi connectivity index (χ0n) is 12.8. The highest BCUT2D eigenvalue weighted by Gasteiger charge is 2.36. The molecule has 1 aliphatic rings. The van der Waals surface area contributed by atoms with E-state index in [1.807, 2.05) is 0 Å². The van der Waals surface area contributed by atoms with Crippen LogP contribution in [0.25, 0.3) is 0 Å². The number of quaternary nitrogens is 1. The van der Waals surface area contributed by atoms with E-state index in [2.05, 4.69) is 41.1 Å². The van der Waals surface area contributed by atoms with Gasteiger partial charge in [0.05, 0.1) is 21.1 Å². The summed E-state index contributed by atoms with van der Waals surface area (Å²) in [6.07, 6.45) is 8.36. The largest absolute Gasteiger partial charge is 0.469 e. The molecule has 0 aliphatic carbocycles. The van der Waals surface area contributed by atoms with Gasteiger partial charge in [-0.2, -0.15) is 0 Å². The molecule has 1 fully saturated rings. The van der Waals surface area contributed by atoms with Gasteiger partial charge >= 0.3 is 0 Å². The van der Waals surface area contributed by atoms with E-state index in [4.69, 9.17) is 9.47 Å². The van der Waals surface area contributed by atoms with Crippen molar-refractivity contribution in [1.82, 2.24) is 0 Å². The summed E-state index contributed by atoms with van der Waals surface area (Å²) in [4.78, 5) is 0. The fraction of sp³-hybridized carbons (Fsp3) is 0.867. The molecule has 1 rings (SSSR count). The number of ether oxygens (including phenoxy) is 2. The maximum atomic E-state index is 5.80. The van der Waals surface area contributed by atoms with E-state index in [9.17, 15) is 0 Å². The SMILES string of the molecule is CCCCCC[C@]1(C)OCO/C1=C\C[N+](C)(C)C. The Balaban J connectivity index is 2.51. The number of unbranched alkanes of at least 4 members (excludes halogenated alkanes) is 3. The molecule has 0 N–H and O–H groups in total. The average Bonchev–Trinajstić information content (AvgIpc) is 2.63. The third kappa shape index (κ3) is 4.99. The smallest absolute Gasteiger partial charge is 0.189 e. The molecule has 3 nitrogen and oxygen atoms in total. The van der Waals surface area contributed by atoms with Crippen molar-refractivity contribution in [3.8, 4) is 0 Å². The van der Waals surface area contributed by atoms with E-state index in [-0.39, 0.29) is 5.60 Å². The molecule has 0 saturated carbocycles. The van der Waals surface area contributed by atoms with Crippen LogP contribution in [0.4, 0.5) is 0 Å². The molecule has 0 bridgehead atoms. The summed E-state index contributed by atoms with van der Waals surface area (Å²) >= 11 is 0. The third-order valence-electron chi connectivity index (χ3n) is 3.44. The van der Waals surface area contributed by atoms with Gasteiger partial charge in [0.15, 0.2) is 6.79 Å². The fourth-order valence-corrected chi connectivity index (χ4v) is 2.16. The van der Waals surface area contributed by atoms with Crippen molar-refractivity contribution < 1.29 is 14.0 Å². The lowest BCUT2D eigenvalue weighted by molar-refractivity contribution is -0.864. The van der Waals surface area contributed by atoms with Crippen LogP contribution >= 0.6 is 0 Å². The Morgan fingerprint density at radius 2 is 1.94 bits per heavy atom. The van der Waals surface area contributed by atoms with Gasteiger partial charge in [-0.1, -0.05) is 32.6 Å². The van der Waals surface area contributed by atoms with Gasteiger partial charge in [0.2, 0.25) is 0 Å². The molecule has 1 atom stereocenters. The first-order valence-corrected chi connectivity index (χ1v) is 7.15. The molecule has 0 radical (unpaired) electrons. The normalized spacial score (nSPS) is 26.6. The van der Waals surface area contributed by atoms with Crippen molar-refractivity contribution in [2.45, 2.75) is 51.6 Å². The molecule has 3 heteroatoms. The lowest BCUT2D eigenvalue weighted by atomic mass is 9.95. The first-order chi connectivity index (χ1) is 8.37. The summed E-state index contributed by atoms with van der Waals surface area (Å²) in [7, 11) is 6.56. The summed E-state index contributed by atoms with van der Waals surface area (Å²) in [6.45, 7) is 5.79. The van der Waals surface area contributed by atoms with E-state index in [1.165, 1.54) is 25.7 Å². The standard InChI is InChI=1S/C15H30NO2/c1-6-7-8-9-11-15(2)14(17-13-18-15)10-12-16(3,4)5/h10H,6-9,11-13H2,1-5H3/q+1/b14-10-/t15-/m0/s1. The third-order valence-corrected chi connectivity index (χ3v) is 3.44. The van der Waals surface area contributed by atoms with Crippen LogP contribution in [-0.4, -0.2) is 44.6 Å². The zero-order valence-corrected chi connectivity index (χ0v) is 12.8. The molecule has 0 unspecified atom stereocenters. The zero-order chi connectivity index (χ0) is 13.6. The van der Waals surface area contributed by atoms with Gasteiger partial charge in [0.25, 0.3) is 0 Å². The number of likely N-dealkylation sites (N-methyl/N-ethyl adjacent to an activating group) is 1. The van der Waals surface area contributed by atoms with Gasteiger partial charge in [0, 0.05) is 6.08 Å². The summed E-state index contributed by atoms with van der Waals surface area (Å²) < 4.78 is 12.4. The molecular weight excluding hydrogens is 226 g/mol. The summed E-state index contributed by atoms with van der Waals surface area (Å²) in [5.41, 5.74) is -0.192. The van der Waals surface area contributed by atoms with Crippen LogP contribution in [0, 0.1) is 0 Å². The average molecular weight is 256 g/mol. The highest BCUT2D eigenvalue weighted by molar-refractivity contribution is 5.11. The van der Waals surface area contributed by atoms with Gasteiger partial charge in [-0.3, -0.25) is 0 Å². The van der Waals surface area contributed by atoms with E-state index in [0.717, 1.165) is 23.2 Å². The maximum absolute atomic E-state index is 5.80. The maximum Gasteiger partial charge on any atom is 0.189 e. The number of nitrogens with zero attached hydrogens (tertiary/aromatic N) is 1. The molecule has 1 heterocycles. The van der Waals surface area contributed by atoms with Crippen molar-refractivity contribution in [2.75, 3.05) is 34.5 Å². The second-order valence-electron chi connectivity index (χ2n) is 6.49. The quantitative estimate of drug-likeness (QED) is 0.514. The fourth-order valence-electron chi connectivity index (χ4n) is 2.16. The molecule has 18 heavy (non-hydrogen) atoms. The predicted octanol–water partition coefficient (Wildman–Crippen LogP) is 3.31. The van der Waals surface area contributed by atoms with Gasteiger partial charge in [-0.15, -0.1) is 0 Å². The molecule has 0 amide bonds. The minimum atomic E-state index is -0.192. The van der Waals surface area contributed by atoms with E-state index >= 15 is 0 Å². The highest BCUT2D eigenvalue weighted by atomic mass is 16.7. The molecule has 1 aliphatic heterocycles.